The minimum absolute atomic E-state index is 0.0319. The molecule has 0 spiro atoms. The van der Waals surface area contributed by atoms with Gasteiger partial charge in [-0.3, -0.25) is 4.79 Å². The zero-order valence-corrected chi connectivity index (χ0v) is 15.6. The molecule has 0 saturated heterocycles. The number of aryl methyl sites for hydroxylation is 1. The van der Waals surface area contributed by atoms with Gasteiger partial charge in [-0.15, -0.1) is 10.2 Å². The largest absolute Gasteiger partial charge is 0.416 e. The van der Waals surface area contributed by atoms with Gasteiger partial charge < -0.3 is 20.6 Å². The van der Waals surface area contributed by atoms with Crippen molar-refractivity contribution >= 4 is 11.6 Å². The third-order valence-electron chi connectivity index (χ3n) is 5.08. The maximum absolute atomic E-state index is 11.1. The summed E-state index contributed by atoms with van der Waals surface area (Å²) in [4.78, 5) is 11.1. The molecule has 2 aromatic carbocycles. The van der Waals surface area contributed by atoms with Crippen LogP contribution in [0.2, 0.25) is 0 Å². The van der Waals surface area contributed by atoms with Crippen LogP contribution in [0.4, 0.5) is 5.69 Å². The minimum Gasteiger partial charge on any atom is -0.416 e. The summed E-state index contributed by atoms with van der Waals surface area (Å²) in [7, 11) is 0. The number of aromatic nitrogens is 2. The lowest BCUT2D eigenvalue weighted by Crippen LogP contribution is -2.48. The van der Waals surface area contributed by atoms with Crippen LogP contribution < -0.4 is 11.1 Å². The van der Waals surface area contributed by atoms with Crippen molar-refractivity contribution in [1.82, 2.24) is 10.2 Å². The van der Waals surface area contributed by atoms with E-state index in [1.807, 2.05) is 24.3 Å². The molecule has 4 N–H and O–H groups in total. The lowest BCUT2D eigenvalue weighted by Gasteiger charge is -2.33. The van der Waals surface area contributed by atoms with Gasteiger partial charge >= 0.3 is 0 Å². The molecule has 1 atom stereocenters. The molecule has 4 rings (SSSR count). The molecular weight excluding hydrogens is 356 g/mol. The van der Waals surface area contributed by atoms with Crippen molar-refractivity contribution in [3.05, 3.63) is 53.6 Å². The van der Waals surface area contributed by atoms with E-state index in [4.69, 9.17) is 10.2 Å². The first-order valence-electron chi connectivity index (χ1n) is 9.19. The van der Waals surface area contributed by atoms with Gasteiger partial charge in [0, 0.05) is 29.3 Å². The topological polar surface area (TPSA) is 114 Å². The molecule has 0 bridgehead atoms. The lowest BCUT2D eigenvalue weighted by atomic mass is 9.78. The average Bonchev–Trinajstić information content (AvgIpc) is 3.18. The Morgan fingerprint density at radius 3 is 2.50 bits per heavy atom. The Balaban J connectivity index is 1.58. The van der Waals surface area contributed by atoms with Gasteiger partial charge in [0.25, 0.3) is 0 Å². The standard InChI is InChI=1S/C21H22N4O3/c1-13(27)23-18-6-4-15(5-7-18)19-24-25-20(28-19)16-3-2-14-8-9-21(22,12-26)11-17(14)10-16/h2-7,10,26H,8-9,11-12,22H2,1H3,(H,23,27). The van der Waals surface area contributed by atoms with Crippen molar-refractivity contribution in [3.8, 4) is 22.9 Å². The monoisotopic (exact) mass is 378 g/mol. The van der Waals surface area contributed by atoms with Gasteiger partial charge in [0.05, 0.1) is 6.61 Å². The molecule has 1 heterocycles. The molecule has 1 unspecified atom stereocenters. The average molecular weight is 378 g/mol. The number of rotatable bonds is 4. The molecule has 0 aliphatic heterocycles. The number of anilines is 1. The number of amides is 1. The van der Waals surface area contributed by atoms with Crippen molar-refractivity contribution in [2.24, 2.45) is 5.73 Å². The number of fused-ring (bicyclic) bond motifs is 1. The van der Waals surface area contributed by atoms with Crippen LogP contribution in [0, 0.1) is 0 Å². The highest BCUT2D eigenvalue weighted by Crippen LogP contribution is 2.31. The molecule has 0 saturated carbocycles. The molecule has 3 aromatic rings. The summed E-state index contributed by atoms with van der Waals surface area (Å²) >= 11 is 0. The first kappa shape index (κ1) is 18.3. The number of hydrogen-bond acceptors (Lipinski definition) is 6. The maximum atomic E-state index is 11.1. The van der Waals surface area contributed by atoms with Crippen LogP contribution in [0.1, 0.15) is 24.5 Å². The Morgan fingerprint density at radius 2 is 1.82 bits per heavy atom. The van der Waals surface area contributed by atoms with Crippen LogP contribution in [-0.2, 0) is 17.6 Å². The van der Waals surface area contributed by atoms with Crippen molar-refractivity contribution in [2.45, 2.75) is 31.7 Å². The van der Waals surface area contributed by atoms with E-state index in [0.29, 0.717) is 23.9 Å². The number of nitrogens with zero attached hydrogens (tertiary/aromatic N) is 2. The fourth-order valence-corrected chi connectivity index (χ4v) is 3.51. The molecule has 0 fully saturated rings. The van der Waals surface area contributed by atoms with Gasteiger partial charge in [0.2, 0.25) is 17.7 Å². The van der Waals surface area contributed by atoms with Gasteiger partial charge in [-0.1, -0.05) is 6.07 Å². The Labute approximate surface area is 162 Å². The molecule has 7 heteroatoms. The maximum Gasteiger partial charge on any atom is 0.248 e. The third-order valence-corrected chi connectivity index (χ3v) is 5.08. The highest BCUT2D eigenvalue weighted by atomic mass is 16.4. The number of nitrogens with two attached hydrogens (primary N) is 1. The normalized spacial score (nSPS) is 18.5. The van der Waals surface area contributed by atoms with Crippen molar-refractivity contribution < 1.29 is 14.3 Å². The fourth-order valence-electron chi connectivity index (χ4n) is 3.51. The fraction of sp³-hybridized carbons (Fsp3) is 0.286. The van der Waals surface area contributed by atoms with Crippen molar-refractivity contribution in [2.75, 3.05) is 11.9 Å². The van der Waals surface area contributed by atoms with Gasteiger partial charge in [-0.25, -0.2) is 0 Å². The summed E-state index contributed by atoms with van der Waals surface area (Å²) in [6.07, 6.45) is 2.25. The van der Waals surface area contributed by atoms with Gasteiger partial charge in [0.15, 0.2) is 0 Å². The van der Waals surface area contributed by atoms with Crippen LogP contribution in [0.25, 0.3) is 22.9 Å². The van der Waals surface area contributed by atoms with Crippen LogP contribution in [0.15, 0.2) is 46.9 Å². The Bertz CT molecular complexity index is 1010. The molecule has 1 aromatic heterocycles. The number of aliphatic hydroxyl groups excluding tert-OH is 1. The summed E-state index contributed by atoms with van der Waals surface area (Å²) in [5, 5.41) is 20.6. The quantitative estimate of drug-likeness (QED) is 0.643. The van der Waals surface area contributed by atoms with E-state index in [1.165, 1.54) is 12.5 Å². The third kappa shape index (κ3) is 3.67. The van der Waals surface area contributed by atoms with Crippen LogP contribution in [0.5, 0.6) is 0 Å². The van der Waals surface area contributed by atoms with E-state index < -0.39 is 5.54 Å². The van der Waals surface area contributed by atoms with E-state index in [1.54, 1.807) is 12.1 Å². The highest BCUT2D eigenvalue weighted by Gasteiger charge is 2.30. The number of carbonyl (C=O) groups is 1. The molecule has 144 valence electrons. The van der Waals surface area contributed by atoms with Gasteiger partial charge in [-0.05, 0) is 66.8 Å². The summed E-state index contributed by atoms with van der Waals surface area (Å²) in [5.41, 5.74) is 10.3. The predicted molar refractivity (Wildman–Crippen MR) is 106 cm³/mol. The zero-order chi connectivity index (χ0) is 19.7. The second-order valence-corrected chi connectivity index (χ2v) is 7.35. The number of nitrogens with one attached hydrogen (secondary N) is 1. The van der Waals surface area contributed by atoms with Crippen molar-refractivity contribution in [1.29, 1.82) is 0 Å². The van der Waals surface area contributed by atoms with Gasteiger partial charge in [-0.2, -0.15) is 0 Å². The van der Waals surface area contributed by atoms with E-state index in [2.05, 4.69) is 21.6 Å². The van der Waals surface area contributed by atoms with Crippen molar-refractivity contribution in [3.63, 3.8) is 0 Å². The van der Waals surface area contributed by atoms with Gasteiger partial charge in [0.1, 0.15) is 0 Å². The number of benzene rings is 2. The first-order valence-corrected chi connectivity index (χ1v) is 9.19. The van der Waals surface area contributed by atoms with E-state index in [9.17, 15) is 9.90 Å². The van der Waals surface area contributed by atoms with Crippen LogP contribution >= 0.6 is 0 Å². The Hall–Kier alpha value is -3.03. The molecule has 28 heavy (non-hydrogen) atoms. The van der Waals surface area contributed by atoms with Crippen LogP contribution in [-0.4, -0.2) is 33.4 Å². The molecule has 0 radical (unpaired) electrons. The smallest absolute Gasteiger partial charge is 0.248 e. The molecule has 7 nitrogen and oxygen atoms in total. The molecule has 1 aliphatic carbocycles. The predicted octanol–water partition coefficient (Wildman–Crippen LogP) is 2.54. The summed E-state index contributed by atoms with van der Waals surface area (Å²) < 4.78 is 5.86. The van der Waals surface area contributed by atoms with E-state index in [0.717, 1.165) is 29.5 Å². The Morgan fingerprint density at radius 1 is 1.14 bits per heavy atom. The SMILES string of the molecule is CC(=O)Nc1ccc(-c2nnc(-c3ccc4c(c3)CC(N)(CO)CC4)o2)cc1. The minimum atomic E-state index is -0.568. The Kier molecular flexibility index (Phi) is 4.70. The zero-order valence-electron chi connectivity index (χ0n) is 15.6. The van der Waals surface area contributed by atoms with Crippen LogP contribution in [0.3, 0.4) is 0 Å². The number of hydrogen-bond donors (Lipinski definition) is 3. The van der Waals surface area contributed by atoms with E-state index >= 15 is 0 Å². The first-order chi connectivity index (χ1) is 13.5. The molecular formula is C21H22N4O3. The lowest BCUT2D eigenvalue weighted by molar-refractivity contribution is -0.114. The summed E-state index contributed by atoms with van der Waals surface area (Å²) in [5.74, 6) is 0.717. The molecule has 1 aliphatic rings. The summed E-state index contributed by atoms with van der Waals surface area (Å²) in [6, 6.07) is 13.3. The molecule has 1 amide bonds. The number of carbonyl (C=O) groups excluding carboxylic acids is 1. The highest BCUT2D eigenvalue weighted by molar-refractivity contribution is 5.88. The van der Waals surface area contributed by atoms with E-state index in [-0.39, 0.29) is 12.5 Å². The second-order valence-electron chi connectivity index (χ2n) is 7.35. The second kappa shape index (κ2) is 7.18. The number of aliphatic hydroxyl groups is 1. The summed E-state index contributed by atoms with van der Waals surface area (Å²) in [6.45, 7) is 1.43.